The zero-order valence-corrected chi connectivity index (χ0v) is 9.66. The van der Waals surface area contributed by atoms with Crippen LogP contribution in [0.15, 0.2) is 36.4 Å². The smallest absolute Gasteiger partial charge is 0.0813 e. The van der Waals surface area contributed by atoms with Crippen molar-refractivity contribution in [3.8, 4) is 0 Å². The number of nitrogens with one attached hydrogen (secondary N) is 1. The van der Waals surface area contributed by atoms with Crippen molar-refractivity contribution in [3.05, 3.63) is 42.0 Å². The summed E-state index contributed by atoms with van der Waals surface area (Å²) in [6.07, 6.45) is 4.11. The van der Waals surface area contributed by atoms with Gasteiger partial charge >= 0.3 is 0 Å². The lowest BCUT2D eigenvalue weighted by Gasteiger charge is -2.18. The third-order valence-corrected chi connectivity index (χ3v) is 1.69. The molecule has 0 spiro atoms. The monoisotopic (exact) mass is 205 g/mol. The van der Waals surface area contributed by atoms with Gasteiger partial charge in [0.15, 0.2) is 0 Å². The molecule has 2 nitrogen and oxygen atoms in total. The number of benzene rings is 1. The van der Waals surface area contributed by atoms with E-state index in [1.54, 1.807) is 0 Å². The minimum Gasteiger partial charge on any atom is -0.296 e. The topological polar surface area (TPSA) is 21.3 Å². The van der Waals surface area contributed by atoms with Crippen molar-refractivity contribution in [2.45, 2.75) is 26.4 Å². The summed E-state index contributed by atoms with van der Waals surface area (Å²) in [6.45, 7) is 6.76. The second kappa shape index (κ2) is 5.69. The fourth-order valence-electron chi connectivity index (χ4n) is 1.07. The maximum absolute atomic E-state index is 5.37. The quantitative estimate of drug-likeness (QED) is 0.602. The summed E-state index contributed by atoms with van der Waals surface area (Å²) < 4.78 is 0. The van der Waals surface area contributed by atoms with Gasteiger partial charge in [0, 0.05) is 6.54 Å². The molecule has 0 amide bonds. The summed E-state index contributed by atoms with van der Waals surface area (Å²) >= 11 is 0. The molecule has 0 aliphatic rings. The van der Waals surface area contributed by atoms with Gasteiger partial charge in [0.25, 0.3) is 0 Å². The first-order valence-corrected chi connectivity index (χ1v) is 5.20. The van der Waals surface area contributed by atoms with Gasteiger partial charge in [-0.3, -0.25) is 4.84 Å². The number of hydrogen-bond donors (Lipinski definition) is 1. The maximum atomic E-state index is 5.37. The standard InChI is InChI=1S/C13H19NO/c1-13(2,3)15-14-11-7-10-12-8-5-4-6-9-12/h4-10,14H,11H2,1-3H3/b10-7+. The lowest BCUT2D eigenvalue weighted by atomic mass is 10.2. The molecule has 0 radical (unpaired) electrons. The number of rotatable bonds is 4. The van der Waals surface area contributed by atoms with E-state index in [4.69, 9.17) is 4.84 Å². The van der Waals surface area contributed by atoms with Crippen LogP contribution in [0.25, 0.3) is 6.08 Å². The van der Waals surface area contributed by atoms with Crippen LogP contribution in [0.2, 0.25) is 0 Å². The van der Waals surface area contributed by atoms with E-state index in [0.717, 1.165) is 0 Å². The molecule has 0 unspecified atom stereocenters. The predicted octanol–water partition coefficient (Wildman–Crippen LogP) is 3.02. The van der Waals surface area contributed by atoms with Gasteiger partial charge < -0.3 is 0 Å². The van der Waals surface area contributed by atoms with Crippen LogP contribution in [-0.2, 0) is 4.84 Å². The maximum Gasteiger partial charge on any atom is 0.0813 e. The minimum atomic E-state index is -0.138. The molecule has 1 aromatic rings. The minimum absolute atomic E-state index is 0.138. The Morgan fingerprint density at radius 3 is 2.47 bits per heavy atom. The molecule has 0 atom stereocenters. The molecule has 0 saturated heterocycles. The van der Waals surface area contributed by atoms with Gasteiger partial charge in [-0.2, -0.15) is 5.48 Å². The third kappa shape index (κ3) is 6.05. The van der Waals surface area contributed by atoms with Gasteiger partial charge in [-0.15, -0.1) is 0 Å². The third-order valence-electron chi connectivity index (χ3n) is 1.69. The first-order chi connectivity index (χ1) is 7.08. The van der Waals surface area contributed by atoms with Crippen molar-refractivity contribution in [1.82, 2.24) is 5.48 Å². The molecule has 0 bridgehead atoms. The molecule has 82 valence electrons. The van der Waals surface area contributed by atoms with Crippen LogP contribution in [0.5, 0.6) is 0 Å². The zero-order valence-electron chi connectivity index (χ0n) is 9.66. The first kappa shape index (κ1) is 12.0. The van der Waals surface area contributed by atoms with Gasteiger partial charge in [0.1, 0.15) is 0 Å². The molecule has 0 saturated carbocycles. The molecular weight excluding hydrogens is 186 g/mol. The Labute approximate surface area is 91.9 Å². The molecule has 1 aromatic carbocycles. The largest absolute Gasteiger partial charge is 0.296 e. The summed E-state index contributed by atoms with van der Waals surface area (Å²) in [5.41, 5.74) is 3.97. The molecule has 1 rings (SSSR count). The molecule has 0 aliphatic carbocycles. The summed E-state index contributed by atoms with van der Waals surface area (Å²) in [5.74, 6) is 0. The molecule has 15 heavy (non-hydrogen) atoms. The predicted molar refractivity (Wildman–Crippen MR) is 64.3 cm³/mol. The highest BCUT2D eigenvalue weighted by molar-refractivity contribution is 5.48. The average Bonchev–Trinajstić information content (AvgIpc) is 2.17. The van der Waals surface area contributed by atoms with E-state index >= 15 is 0 Å². The highest BCUT2D eigenvalue weighted by atomic mass is 16.7. The van der Waals surface area contributed by atoms with Gasteiger partial charge in [0.05, 0.1) is 5.60 Å². The van der Waals surface area contributed by atoms with Gasteiger partial charge in [-0.05, 0) is 26.3 Å². The highest BCUT2D eigenvalue weighted by Gasteiger charge is 2.08. The van der Waals surface area contributed by atoms with Crippen LogP contribution >= 0.6 is 0 Å². The summed E-state index contributed by atoms with van der Waals surface area (Å²) in [6, 6.07) is 10.2. The van der Waals surface area contributed by atoms with E-state index in [0.29, 0.717) is 6.54 Å². The Morgan fingerprint density at radius 2 is 1.87 bits per heavy atom. The van der Waals surface area contributed by atoms with Crippen molar-refractivity contribution in [1.29, 1.82) is 0 Å². The summed E-state index contributed by atoms with van der Waals surface area (Å²) in [5, 5.41) is 0. The van der Waals surface area contributed by atoms with Gasteiger partial charge in [0.2, 0.25) is 0 Å². The number of hydroxylamine groups is 1. The Hall–Kier alpha value is -1.12. The van der Waals surface area contributed by atoms with E-state index in [9.17, 15) is 0 Å². The normalized spacial score (nSPS) is 12.2. The molecule has 1 N–H and O–H groups in total. The van der Waals surface area contributed by atoms with Crippen LogP contribution in [0.4, 0.5) is 0 Å². The molecule has 0 fully saturated rings. The Morgan fingerprint density at radius 1 is 1.20 bits per heavy atom. The fraction of sp³-hybridized carbons (Fsp3) is 0.385. The fourth-order valence-corrected chi connectivity index (χ4v) is 1.07. The number of hydrogen-bond acceptors (Lipinski definition) is 2. The molecule has 0 aliphatic heterocycles. The van der Waals surface area contributed by atoms with Crippen molar-refractivity contribution in [2.24, 2.45) is 0 Å². The second-order valence-corrected chi connectivity index (χ2v) is 4.38. The van der Waals surface area contributed by atoms with Crippen LogP contribution in [0.1, 0.15) is 26.3 Å². The molecular formula is C13H19NO. The van der Waals surface area contributed by atoms with Crippen molar-refractivity contribution in [3.63, 3.8) is 0 Å². The van der Waals surface area contributed by atoms with Crippen LogP contribution in [0.3, 0.4) is 0 Å². The molecule has 0 heterocycles. The zero-order chi connectivity index (χ0) is 11.1. The Bertz CT molecular complexity index is 298. The lowest BCUT2D eigenvalue weighted by Crippen LogP contribution is -2.29. The summed E-state index contributed by atoms with van der Waals surface area (Å²) in [7, 11) is 0. The van der Waals surface area contributed by atoms with Crippen LogP contribution < -0.4 is 5.48 Å². The summed E-state index contributed by atoms with van der Waals surface area (Å²) in [4.78, 5) is 5.37. The van der Waals surface area contributed by atoms with Crippen LogP contribution in [0, 0.1) is 0 Å². The molecule has 0 aromatic heterocycles. The first-order valence-electron chi connectivity index (χ1n) is 5.20. The van der Waals surface area contributed by atoms with Gasteiger partial charge in [-0.25, -0.2) is 0 Å². The van der Waals surface area contributed by atoms with Crippen molar-refractivity contribution >= 4 is 6.08 Å². The van der Waals surface area contributed by atoms with E-state index in [2.05, 4.69) is 23.7 Å². The second-order valence-electron chi connectivity index (χ2n) is 4.38. The van der Waals surface area contributed by atoms with Crippen molar-refractivity contribution < 1.29 is 4.84 Å². The van der Waals surface area contributed by atoms with E-state index in [-0.39, 0.29) is 5.60 Å². The Kier molecular flexibility index (Phi) is 4.53. The lowest BCUT2D eigenvalue weighted by molar-refractivity contribution is -0.0676. The van der Waals surface area contributed by atoms with Crippen LogP contribution in [-0.4, -0.2) is 12.1 Å². The highest BCUT2D eigenvalue weighted by Crippen LogP contribution is 2.03. The van der Waals surface area contributed by atoms with Gasteiger partial charge in [-0.1, -0.05) is 42.5 Å². The molecule has 2 heteroatoms. The average molecular weight is 205 g/mol. The van der Waals surface area contributed by atoms with E-state index in [1.807, 2.05) is 45.0 Å². The van der Waals surface area contributed by atoms with E-state index < -0.39 is 0 Å². The SMILES string of the molecule is CC(C)(C)ONC/C=C/c1ccccc1. The van der Waals surface area contributed by atoms with Crippen molar-refractivity contribution in [2.75, 3.05) is 6.54 Å². The Balaban J connectivity index is 2.24. The van der Waals surface area contributed by atoms with E-state index in [1.165, 1.54) is 5.56 Å².